The molecule has 2 N–H and O–H groups in total. The Morgan fingerprint density at radius 1 is 1.09 bits per heavy atom. The van der Waals surface area contributed by atoms with Gasteiger partial charge in [-0.05, 0) is 29.8 Å². The molecule has 0 saturated heterocycles. The fourth-order valence-electron chi connectivity index (χ4n) is 1.94. The van der Waals surface area contributed by atoms with Crippen LogP contribution in [0.2, 0.25) is 10.0 Å². The molecular weight excluding hydrogens is 341 g/mol. The normalized spacial score (nSPS) is 10.2. The summed E-state index contributed by atoms with van der Waals surface area (Å²) in [5.41, 5.74) is 1.27. The topological polar surface area (TPSA) is 75.6 Å². The van der Waals surface area contributed by atoms with Crippen LogP contribution in [0, 0.1) is 0 Å². The lowest BCUT2D eigenvalue weighted by atomic mass is 10.1. The van der Waals surface area contributed by atoms with Crippen molar-refractivity contribution in [1.29, 1.82) is 0 Å². The van der Waals surface area contributed by atoms with Crippen molar-refractivity contribution in [3.05, 3.63) is 63.1 Å². The quantitative estimate of drug-likeness (QED) is 0.860. The zero-order valence-electron chi connectivity index (χ0n) is 12.1. The summed E-state index contributed by atoms with van der Waals surface area (Å²) in [6.45, 7) is 0.250. The fraction of sp³-hybridized carbons (Fsp3) is 0.125. The maximum atomic E-state index is 12.1. The van der Waals surface area contributed by atoms with E-state index in [0.29, 0.717) is 11.3 Å². The Hall–Kier alpha value is -2.24. The second-order valence-electron chi connectivity index (χ2n) is 4.66. The van der Waals surface area contributed by atoms with Gasteiger partial charge in [0, 0.05) is 12.1 Å². The molecule has 1 amide bonds. The molecule has 120 valence electrons. The summed E-state index contributed by atoms with van der Waals surface area (Å²) in [5, 5.41) is 12.0. The number of hydrogen-bond acceptors (Lipinski definition) is 3. The standard InChI is InChI=1S/C16H13Cl2NO4/c1-23-14-12(17)6-11(7-13(14)18)15(20)19-8-9-2-4-10(5-3-9)16(21)22/h2-7H,8H2,1H3,(H,19,20)(H,21,22). The third-order valence-electron chi connectivity index (χ3n) is 3.12. The maximum absolute atomic E-state index is 12.1. The summed E-state index contributed by atoms with van der Waals surface area (Å²) in [7, 11) is 1.44. The number of ether oxygens (including phenoxy) is 1. The molecule has 7 heteroatoms. The molecule has 0 aromatic heterocycles. The first kappa shape index (κ1) is 17.1. The van der Waals surface area contributed by atoms with Gasteiger partial charge in [-0.3, -0.25) is 4.79 Å². The van der Waals surface area contributed by atoms with Crippen molar-refractivity contribution in [2.24, 2.45) is 0 Å². The van der Waals surface area contributed by atoms with Crippen molar-refractivity contribution in [3.63, 3.8) is 0 Å². The Kier molecular flexibility index (Phi) is 5.47. The predicted molar refractivity (Wildman–Crippen MR) is 87.6 cm³/mol. The van der Waals surface area contributed by atoms with Gasteiger partial charge >= 0.3 is 5.97 Å². The number of carbonyl (C=O) groups is 2. The largest absolute Gasteiger partial charge is 0.494 e. The van der Waals surface area contributed by atoms with Crippen LogP contribution in [0.5, 0.6) is 5.75 Å². The number of halogens is 2. The van der Waals surface area contributed by atoms with Gasteiger partial charge in [0.25, 0.3) is 5.91 Å². The van der Waals surface area contributed by atoms with E-state index >= 15 is 0 Å². The van der Waals surface area contributed by atoms with E-state index in [0.717, 1.165) is 5.56 Å². The smallest absolute Gasteiger partial charge is 0.335 e. The highest BCUT2D eigenvalue weighted by atomic mass is 35.5. The van der Waals surface area contributed by atoms with E-state index in [1.54, 1.807) is 12.1 Å². The van der Waals surface area contributed by atoms with Gasteiger partial charge in [0.15, 0.2) is 5.75 Å². The van der Waals surface area contributed by atoms with Gasteiger partial charge in [-0.1, -0.05) is 35.3 Å². The first-order valence-electron chi connectivity index (χ1n) is 6.56. The first-order chi connectivity index (χ1) is 10.9. The summed E-state index contributed by atoms with van der Waals surface area (Å²) in [6.07, 6.45) is 0. The lowest BCUT2D eigenvalue weighted by molar-refractivity contribution is 0.0696. The Morgan fingerprint density at radius 3 is 2.13 bits per heavy atom. The van der Waals surface area contributed by atoms with Crippen molar-refractivity contribution >= 4 is 35.1 Å². The van der Waals surface area contributed by atoms with Crippen LogP contribution < -0.4 is 10.1 Å². The molecule has 0 saturated carbocycles. The number of nitrogens with one attached hydrogen (secondary N) is 1. The van der Waals surface area contributed by atoms with Crippen LogP contribution in [0.1, 0.15) is 26.3 Å². The van der Waals surface area contributed by atoms with E-state index in [-0.39, 0.29) is 28.1 Å². The zero-order chi connectivity index (χ0) is 17.0. The Labute approximate surface area is 142 Å². The molecule has 0 aliphatic heterocycles. The van der Waals surface area contributed by atoms with Crippen molar-refractivity contribution < 1.29 is 19.4 Å². The van der Waals surface area contributed by atoms with Crippen molar-refractivity contribution in [3.8, 4) is 5.75 Å². The highest BCUT2D eigenvalue weighted by Crippen LogP contribution is 2.33. The minimum absolute atomic E-state index is 0.189. The molecule has 0 atom stereocenters. The monoisotopic (exact) mass is 353 g/mol. The molecule has 0 bridgehead atoms. The highest BCUT2D eigenvalue weighted by Gasteiger charge is 2.13. The van der Waals surface area contributed by atoms with E-state index < -0.39 is 5.97 Å². The molecule has 2 aromatic carbocycles. The SMILES string of the molecule is COc1c(Cl)cc(C(=O)NCc2ccc(C(=O)O)cc2)cc1Cl. The average Bonchev–Trinajstić information content (AvgIpc) is 2.52. The van der Waals surface area contributed by atoms with Crippen molar-refractivity contribution in [2.45, 2.75) is 6.54 Å². The van der Waals surface area contributed by atoms with E-state index in [9.17, 15) is 9.59 Å². The van der Waals surface area contributed by atoms with Crippen LogP contribution in [0.3, 0.4) is 0 Å². The number of amides is 1. The van der Waals surface area contributed by atoms with Crippen LogP contribution in [-0.2, 0) is 6.54 Å². The molecule has 0 unspecified atom stereocenters. The molecular formula is C16H13Cl2NO4. The summed E-state index contributed by atoms with van der Waals surface area (Å²) in [6, 6.07) is 9.16. The number of carboxylic acids is 1. The molecule has 0 aliphatic rings. The van der Waals surface area contributed by atoms with E-state index in [1.807, 2.05) is 0 Å². The van der Waals surface area contributed by atoms with Gasteiger partial charge in [0.05, 0.1) is 22.7 Å². The highest BCUT2D eigenvalue weighted by molar-refractivity contribution is 6.37. The van der Waals surface area contributed by atoms with Crippen molar-refractivity contribution in [1.82, 2.24) is 5.32 Å². The molecule has 2 aromatic rings. The zero-order valence-corrected chi connectivity index (χ0v) is 13.6. The Morgan fingerprint density at radius 2 is 1.65 bits per heavy atom. The second-order valence-corrected chi connectivity index (χ2v) is 5.47. The number of benzene rings is 2. The number of aromatic carboxylic acids is 1. The van der Waals surface area contributed by atoms with E-state index in [4.69, 9.17) is 33.0 Å². The molecule has 5 nitrogen and oxygen atoms in total. The van der Waals surface area contributed by atoms with Crippen LogP contribution in [0.4, 0.5) is 0 Å². The molecule has 0 fully saturated rings. The summed E-state index contributed by atoms with van der Waals surface area (Å²) < 4.78 is 5.03. The molecule has 0 radical (unpaired) electrons. The molecule has 0 heterocycles. The molecule has 0 spiro atoms. The van der Waals surface area contributed by atoms with E-state index in [2.05, 4.69) is 5.32 Å². The van der Waals surface area contributed by atoms with Crippen molar-refractivity contribution in [2.75, 3.05) is 7.11 Å². The maximum Gasteiger partial charge on any atom is 0.335 e. The van der Waals surface area contributed by atoms with Crippen LogP contribution in [0.15, 0.2) is 36.4 Å². The summed E-state index contributed by atoms with van der Waals surface area (Å²) in [4.78, 5) is 22.9. The lowest BCUT2D eigenvalue weighted by Crippen LogP contribution is -2.22. The minimum atomic E-state index is -0.997. The van der Waals surface area contributed by atoms with Crippen LogP contribution in [-0.4, -0.2) is 24.1 Å². The average molecular weight is 354 g/mol. The van der Waals surface area contributed by atoms with Crippen LogP contribution in [0.25, 0.3) is 0 Å². The molecule has 0 aliphatic carbocycles. The van der Waals surface area contributed by atoms with E-state index in [1.165, 1.54) is 31.4 Å². The summed E-state index contributed by atoms with van der Waals surface area (Å²) >= 11 is 12.0. The van der Waals surface area contributed by atoms with Gasteiger partial charge in [0.1, 0.15) is 0 Å². The Balaban J connectivity index is 2.06. The number of carboxylic acid groups (broad SMARTS) is 1. The van der Waals surface area contributed by atoms with Gasteiger partial charge < -0.3 is 15.2 Å². The third-order valence-corrected chi connectivity index (χ3v) is 3.68. The number of rotatable bonds is 5. The Bertz CT molecular complexity index is 721. The minimum Gasteiger partial charge on any atom is -0.494 e. The fourth-order valence-corrected chi connectivity index (χ4v) is 2.58. The predicted octanol–water partition coefficient (Wildman–Crippen LogP) is 3.63. The number of hydrogen-bond donors (Lipinski definition) is 2. The lowest BCUT2D eigenvalue weighted by Gasteiger charge is -2.09. The van der Waals surface area contributed by atoms with Gasteiger partial charge in [0.2, 0.25) is 0 Å². The summed E-state index contributed by atoms with van der Waals surface area (Å²) in [5.74, 6) is -1.03. The number of carbonyl (C=O) groups excluding carboxylic acids is 1. The first-order valence-corrected chi connectivity index (χ1v) is 7.31. The second kappa shape index (κ2) is 7.35. The van der Waals surface area contributed by atoms with Gasteiger partial charge in [-0.2, -0.15) is 0 Å². The molecule has 23 heavy (non-hydrogen) atoms. The number of methoxy groups -OCH3 is 1. The van der Waals surface area contributed by atoms with Gasteiger partial charge in [-0.25, -0.2) is 4.79 Å². The third kappa shape index (κ3) is 4.15. The van der Waals surface area contributed by atoms with Crippen LogP contribution >= 0.6 is 23.2 Å². The molecule has 2 rings (SSSR count). The van der Waals surface area contributed by atoms with Gasteiger partial charge in [-0.15, -0.1) is 0 Å².